The summed E-state index contributed by atoms with van der Waals surface area (Å²) in [6.45, 7) is 1.26. The minimum atomic E-state index is -1.43. The quantitative estimate of drug-likeness (QED) is 0.0992. The van der Waals surface area contributed by atoms with Crippen molar-refractivity contribution in [2.75, 3.05) is 12.0 Å². The first-order valence-electron chi connectivity index (χ1n) is 10.4. The zero-order valence-corrected chi connectivity index (χ0v) is 19.8. The SMILES string of the molecule is CSCCC(NC(=O)C(CCC(=O)O)NC(=O)C(N)C(C)O)C(=O)NC(CCC(N)=O)C(=O)O. The molecule has 0 aromatic heterocycles. The van der Waals surface area contributed by atoms with Crippen LogP contribution in [0.15, 0.2) is 0 Å². The van der Waals surface area contributed by atoms with Crippen LogP contribution in [0.1, 0.15) is 39.0 Å². The number of thioether (sulfide) groups is 1. The molecule has 0 heterocycles. The van der Waals surface area contributed by atoms with Crippen LogP contribution in [0.3, 0.4) is 0 Å². The molecule has 0 aromatic rings. The van der Waals surface area contributed by atoms with Crippen LogP contribution in [0.2, 0.25) is 0 Å². The number of nitrogens with one attached hydrogen (secondary N) is 3. The molecule has 0 rings (SSSR count). The average molecular weight is 508 g/mol. The summed E-state index contributed by atoms with van der Waals surface area (Å²) in [4.78, 5) is 71.0. The summed E-state index contributed by atoms with van der Waals surface area (Å²) in [5.74, 6) is -5.62. The predicted molar refractivity (Wildman–Crippen MR) is 121 cm³/mol. The third-order valence-electron chi connectivity index (χ3n) is 4.64. The smallest absolute Gasteiger partial charge is 0.326 e. The lowest BCUT2D eigenvalue weighted by atomic mass is 10.1. The number of aliphatic carboxylic acids is 2. The normalized spacial score (nSPS) is 15.2. The fourth-order valence-corrected chi connectivity index (χ4v) is 3.09. The molecular weight excluding hydrogens is 474 g/mol. The lowest BCUT2D eigenvalue weighted by Crippen LogP contribution is -2.58. The van der Waals surface area contributed by atoms with Gasteiger partial charge in [0.15, 0.2) is 0 Å². The summed E-state index contributed by atoms with van der Waals surface area (Å²) < 4.78 is 0. The largest absolute Gasteiger partial charge is 0.481 e. The van der Waals surface area contributed by atoms with Crippen molar-refractivity contribution in [2.24, 2.45) is 11.5 Å². The second kappa shape index (κ2) is 15.8. The van der Waals surface area contributed by atoms with Gasteiger partial charge in [-0.25, -0.2) is 4.79 Å². The number of hydrogen-bond acceptors (Lipinski definition) is 9. The monoisotopic (exact) mass is 507 g/mol. The average Bonchev–Trinajstić information content (AvgIpc) is 2.74. The van der Waals surface area contributed by atoms with Crippen LogP contribution < -0.4 is 27.4 Å². The van der Waals surface area contributed by atoms with Crippen LogP contribution >= 0.6 is 11.8 Å². The number of hydrogen-bond donors (Lipinski definition) is 8. The molecule has 34 heavy (non-hydrogen) atoms. The highest BCUT2D eigenvalue weighted by atomic mass is 32.2. The van der Waals surface area contributed by atoms with Crippen molar-refractivity contribution in [3.63, 3.8) is 0 Å². The van der Waals surface area contributed by atoms with E-state index >= 15 is 0 Å². The lowest BCUT2D eigenvalue weighted by molar-refractivity contribution is -0.142. The first-order valence-corrected chi connectivity index (χ1v) is 11.8. The van der Waals surface area contributed by atoms with Crippen LogP contribution in [0, 0.1) is 0 Å². The van der Waals surface area contributed by atoms with Gasteiger partial charge in [-0.05, 0) is 38.2 Å². The third kappa shape index (κ3) is 12.4. The van der Waals surface area contributed by atoms with E-state index in [9.17, 15) is 39.0 Å². The van der Waals surface area contributed by atoms with Crippen molar-refractivity contribution in [3.05, 3.63) is 0 Å². The summed E-state index contributed by atoms with van der Waals surface area (Å²) in [6, 6.07) is -5.41. The first-order chi connectivity index (χ1) is 15.8. The van der Waals surface area contributed by atoms with Gasteiger partial charge in [-0.3, -0.25) is 24.0 Å². The van der Waals surface area contributed by atoms with Gasteiger partial charge in [-0.1, -0.05) is 0 Å². The predicted octanol–water partition coefficient (Wildman–Crippen LogP) is -2.88. The van der Waals surface area contributed by atoms with Crippen molar-refractivity contribution < 1.29 is 44.1 Å². The molecular formula is C19H33N5O9S. The number of aliphatic hydroxyl groups excluding tert-OH is 1. The van der Waals surface area contributed by atoms with Gasteiger partial charge in [-0.15, -0.1) is 0 Å². The number of rotatable bonds is 17. The zero-order valence-electron chi connectivity index (χ0n) is 19.0. The van der Waals surface area contributed by atoms with Crippen molar-refractivity contribution in [2.45, 2.75) is 69.3 Å². The van der Waals surface area contributed by atoms with Crippen LogP contribution in [0.5, 0.6) is 0 Å². The summed E-state index contributed by atoms with van der Waals surface area (Å²) in [6.07, 6.45) is -0.757. The summed E-state index contributed by atoms with van der Waals surface area (Å²) in [7, 11) is 0. The van der Waals surface area contributed by atoms with E-state index in [2.05, 4.69) is 16.0 Å². The summed E-state index contributed by atoms with van der Waals surface area (Å²) >= 11 is 1.35. The molecule has 4 amide bonds. The van der Waals surface area contributed by atoms with E-state index in [1.54, 1.807) is 6.26 Å². The molecule has 15 heteroatoms. The number of aliphatic hydroxyl groups is 1. The van der Waals surface area contributed by atoms with Crippen molar-refractivity contribution in [1.82, 2.24) is 16.0 Å². The van der Waals surface area contributed by atoms with Crippen LogP contribution in [-0.2, 0) is 28.8 Å². The number of nitrogens with two attached hydrogens (primary N) is 2. The Hall–Kier alpha value is -2.91. The number of amides is 4. The van der Waals surface area contributed by atoms with Crippen LogP contribution in [0.25, 0.3) is 0 Å². The highest BCUT2D eigenvalue weighted by Crippen LogP contribution is 2.06. The highest BCUT2D eigenvalue weighted by Gasteiger charge is 2.31. The maximum Gasteiger partial charge on any atom is 0.326 e. The third-order valence-corrected chi connectivity index (χ3v) is 5.28. The zero-order chi connectivity index (χ0) is 26.4. The molecule has 0 spiro atoms. The number of carboxylic acids is 2. The molecule has 194 valence electrons. The second-order valence-corrected chi connectivity index (χ2v) is 8.49. The van der Waals surface area contributed by atoms with Gasteiger partial charge < -0.3 is 42.7 Å². The Labute approximate surface area is 200 Å². The Balaban J connectivity index is 5.53. The molecule has 0 radical (unpaired) electrons. The van der Waals surface area contributed by atoms with Gasteiger partial charge in [0.05, 0.1) is 6.10 Å². The first kappa shape index (κ1) is 31.1. The Bertz CT molecular complexity index is 750. The fraction of sp³-hybridized carbons (Fsp3) is 0.684. The van der Waals surface area contributed by atoms with E-state index in [1.165, 1.54) is 18.7 Å². The van der Waals surface area contributed by atoms with Crippen molar-refractivity contribution in [1.29, 1.82) is 0 Å². The molecule has 10 N–H and O–H groups in total. The molecule has 14 nitrogen and oxygen atoms in total. The van der Waals surface area contributed by atoms with E-state index in [-0.39, 0.29) is 25.7 Å². The summed E-state index contributed by atoms with van der Waals surface area (Å²) in [5.41, 5.74) is 10.6. The van der Waals surface area contributed by atoms with E-state index in [0.29, 0.717) is 5.75 Å². The number of carbonyl (C=O) groups excluding carboxylic acids is 4. The van der Waals surface area contributed by atoms with E-state index in [4.69, 9.17) is 16.6 Å². The van der Waals surface area contributed by atoms with Crippen LogP contribution in [-0.4, -0.2) is 93.2 Å². The molecule has 0 aliphatic heterocycles. The Morgan fingerprint density at radius 3 is 1.74 bits per heavy atom. The molecule has 0 aromatic carbocycles. The Morgan fingerprint density at radius 1 is 0.824 bits per heavy atom. The standard InChI is InChI=1S/C19H33N5O9S/c1-9(25)15(21)18(31)23-10(4-6-14(27)28)16(29)22-11(7-8-34-2)17(30)24-12(19(32)33)3-5-13(20)26/h9-12,15,25H,3-8,21H2,1-2H3,(H2,20,26)(H,22,29)(H,23,31)(H,24,30)(H,27,28)(H,32,33). The fourth-order valence-electron chi connectivity index (χ4n) is 2.62. The molecule has 5 unspecified atom stereocenters. The topological polar surface area (TPSA) is 251 Å². The Morgan fingerprint density at radius 2 is 1.29 bits per heavy atom. The number of primary amides is 1. The lowest BCUT2D eigenvalue weighted by Gasteiger charge is -2.25. The second-order valence-electron chi connectivity index (χ2n) is 7.51. The maximum absolute atomic E-state index is 12.8. The van der Waals surface area contributed by atoms with Gasteiger partial charge in [0.2, 0.25) is 23.6 Å². The molecule has 0 saturated carbocycles. The van der Waals surface area contributed by atoms with Gasteiger partial charge in [0, 0.05) is 12.8 Å². The molecule has 0 bridgehead atoms. The maximum atomic E-state index is 12.8. The Kier molecular flexibility index (Phi) is 14.5. The van der Waals surface area contributed by atoms with Crippen molar-refractivity contribution >= 4 is 47.3 Å². The van der Waals surface area contributed by atoms with Gasteiger partial charge in [0.1, 0.15) is 24.2 Å². The highest BCUT2D eigenvalue weighted by molar-refractivity contribution is 7.98. The van der Waals surface area contributed by atoms with Crippen molar-refractivity contribution in [3.8, 4) is 0 Å². The van der Waals surface area contributed by atoms with Crippen LogP contribution in [0.4, 0.5) is 0 Å². The number of carbonyl (C=O) groups is 6. The minimum absolute atomic E-state index is 0.0910. The molecule has 0 saturated heterocycles. The van der Waals surface area contributed by atoms with Gasteiger partial charge in [0.25, 0.3) is 0 Å². The molecule has 5 atom stereocenters. The van der Waals surface area contributed by atoms with E-state index < -0.39 is 72.3 Å². The van der Waals surface area contributed by atoms with E-state index in [0.717, 1.165) is 0 Å². The minimum Gasteiger partial charge on any atom is -0.481 e. The molecule has 0 aliphatic carbocycles. The van der Waals surface area contributed by atoms with Gasteiger partial charge >= 0.3 is 11.9 Å². The molecule has 0 aliphatic rings. The molecule has 0 fully saturated rings. The van der Waals surface area contributed by atoms with Gasteiger partial charge in [-0.2, -0.15) is 11.8 Å². The van der Waals surface area contributed by atoms with E-state index in [1.807, 2.05) is 0 Å². The number of carboxylic acid groups (broad SMARTS) is 2. The summed E-state index contributed by atoms with van der Waals surface area (Å²) in [5, 5.41) is 34.6.